The highest BCUT2D eigenvalue weighted by Crippen LogP contribution is 2.19. The molecule has 106 valence electrons. The highest BCUT2D eigenvalue weighted by atomic mass is 15.5. The summed E-state index contributed by atoms with van der Waals surface area (Å²) in [6.07, 6.45) is 1.64. The number of rotatable bonds is 3. The largest absolute Gasteiger partial charge is 0.384 e. The van der Waals surface area contributed by atoms with Gasteiger partial charge in [-0.15, -0.1) is 5.10 Å². The van der Waals surface area contributed by atoms with E-state index < -0.39 is 0 Å². The molecule has 2 N–H and O–H groups in total. The number of hydrogen-bond acceptors (Lipinski definition) is 5. The van der Waals surface area contributed by atoms with Gasteiger partial charge in [0.15, 0.2) is 11.5 Å². The summed E-state index contributed by atoms with van der Waals surface area (Å²) < 4.78 is 0. The standard InChI is InChI=1S/C15H16N6/c1-10(2)12-8-14(16)19-15(18-12)13-9-17-21(20-13)11-6-4-3-5-7-11/h3-10H,1-2H3,(H2,16,18,19). The van der Waals surface area contributed by atoms with Crippen molar-refractivity contribution < 1.29 is 0 Å². The lowest BCUT2D eigenvalue weighted by Crippen LogP contribution is -2.03. The first kappa shape index (κ1) is 13.2. The topological polar surface area (TPSA) is 82.5 Å². The van der Waals surface area contributed by atoms with E-state index in [1.54, 1.807) is 17.1 Å². The molecule has 0 saturated heterocycles. The van der Waals surface area contributed by atoms with Crippen LogP contribution in [0.4, 0.5) is 5.82 Å². The Bertz CT molecular complexity index is 748. The zero-order valence-corrected chi connectivity index (χ0v) is 11.9. The molecule has 0 aliphatic rings. The predicted octanol–water partition coefficient (Wildman–Crippen LogP) is 2.43. The van der Waals surface area contributed by atoms with Gasteiger partial charge < -0.3 is 5.73 Å². The van der Waals surface area contributed by atoms with Crippen LogP contribution in [0.25, 0.3) is 17.2 Å². The van der Waals surface area contributed by atoms with Gasteiger partial charge in [-0.1, -0.05) is 32.0 Å². The Labute approximate surface area is 122 Å². The Morgan fingerprint density at radius 3 is 2.57 bits per heavy atom. The molecule has 0 radical (unpaired) electrons. The Kier molecular flexibility index (Phi) is 3.35. The molecule has 0 fully saturated rings. The van der Waals surface area contributed by atoms with Crippen LogP contribution in [0.15, 0.2) is 42.6 Å². The van der Waals surface area contributed by atoms with Crippen molar-refractivity contribution in [3.8, 4) is 17.2 Å². The van der Waals surface area contributed by atoms with Gasteiger partial charge in [-0.25, -0.2) is 9.97 Å². The number of benzene rings is 1. The van der Waals surface area contributed by atoms with Crippen LogP contribution in [-0.2, 0) is 0 Å². The van der Waals surface area contributed by atoms with E-state index in [2.05, 4.69) is 34.0 Å². The van der Waals surface area contributed by atoms with Crippen LogP contribution >= 0.6 is 0 Å². The van der Waals surface area contributed by atoms with E-state index in [1.165, 1.54) is 0 Å². The predicted molar refractivity (Wildman–Crippen MR) is 80.9 cm³/mol. The first-order chi connectivity index (χ1) is 10.1. The van der Waals surface area contributed by atoms with Gasteiger partial charge in [-0.2, -0.15) is 9.90 Å². The van der Waals surface area contributed by atoms with E-state index in [-0.39, 0.29) is 5.92 Å². The fourth-order valence-electron chi connectivity index (χ4n) is 1.95. The second kappa shape index (κ2) is 5.32. The highest BCUT2D eigenvalue weighted by molar-refractivity contribution is 5.51. The molecule has 0 bridgehead atoms. The maximum absolute atomic E-state index is 5.85. The van der Waals surface area contributed by atoms with Crippen LogP contribution in [0.3, 0.4) is 0 Å². The average Bonchev–Trinajstić information content (AvgIpc) is 2.97. The maximum Gasteiger partial charge on any atom is 0.184 e. The van der Waals surface area contributed by atoms with Crippen LogP contribution in [0.1, 0.15) is 25.5 Å². The van der Waals surface area contributed by atoms with Crippen LogP contribution in [-0.4, -0.2) is 25.0 Å². The quantitative estimate of drug-likeness (QED) is 0.796. The van der Waals surface area contributed by atoms with Crippen molar-refractivity contribution in [2.75, 3.05) is 5.73 Å². The molecule has 2 heterocycles. The minimum absolute atomic E-state index is 0.276. The van der Waals surface area contributed by atoms with Gasteiger partial charge in [0.1, 0.15) is 5.82 Å². The Balaban J connectivity index is 2.00. The van der Waals surface area contributed by atoms with E-state index in [0.717, 1.165) is 11.4 Å². The average molecular weight is 280 g/mol. The molecule has 6 nitrogen and oxygen atoms in total. The molecular weight excluding hydrogens is 264 g/mol. The number of aromatic nitrogens is 5. The minimum Gasteiger partial charge on any atom is -0.384 e. The molecule has 6 heteroatoms. The lowest BCUT2D eigenvalue weighted by atomic mass is 10.1. The fraction of sp³-hybridized carbons (Fsp3) is 0.200. The van der Waals surface area contributed by atoms with E-state index >= 15 is 0 Å². The van der Waals surface area contributed by atoms with Crippen LogP contribution in [0.2, 0.25) is 0 Å². The summed E-state index contributed by atoms with van der Waals surface area (Å²) >= 11 is 0. The summed E-state index contributed by atoms with van der Waals surface area (Å²) in [5, 5.41) is 8.67. The monoisotopic (exact) mass is 280 g/mol. The van der Waals surface area contributed by atoms with E-state index in [4.69, 9.17) is 5.73 Å². The number of anilines is 1. The number of nitrogen functional groups attached to an aromatic ring is 1. The van der Waals surface area contributed by atoms with Crippen LogP contribution in [0.5, 0.6) is 0 Å². The Morgan fingerprint density at radius 2 is 1.86 bits per heavy atom. The number of para-hydroxylation sites is 1. The molecule has 0 aliphatic heterocycles. The third-order valence-corrected chi connectivity index (χ3v) is 3.07. The molecule has 1 aromatic carbocycles. The Morgan fingerprint density at radius 1 is 1.10 bits per heavy atom. The first-order valence-electron chi connectivity index (χ1n) is 6.76. The summed E-state index contributed by atoms with van der Waals surface area (Å²) in [7, 11) is 0. The van der Waals surface area contributed by atoms with E-state index in [0.29, 0.717) is 17.3 Å². The Hall–Kier alpha value is -2.76. The van der Waals surface area contributed by atoms with E-state index in [9.17, 15) is 0 Å². The van der Waals surface area contributed by atoms with Gasteiger partial charge in [0.25, 0.3) is 0 Å². The van der Waals surface area contributed by atoms with Crippen molar-refractivity contribution in [1.29, 1.82) is 0 Å². The maximum atomic E-state index is 5.85. The normalized spacial score (nSPS) is 11.0. The van der Waals surface area contributed by atoms with Gasteiger partial charge in [0.2, 0.25) is 0 Å². The summed E-state index contributed by atoms with van der Waals surface area (Å²) in [4.78, 5) is 10.3. The minimum atomic E-state index is 0.276. The molecule has 0 amide bonds. The van der Waals surface area contributed by atoms with Gasteiger partial charge in [-0.3, -0.25) is 0 Å². The van der Waals surface area contributed by atoms with Crippen LogP contribution in [0, 0.1) is 0 Å². The van der Waals surface area contributed by atoms with Gasteiger partial charge in [0.05, 0.1) is 11.9 Å². The number of nitrogens with zero attached hydrogens (tertiary/aromatic N) is 5. The highest BCUT2D eigenvalue weighted by Gasteiger charge is 2.12. The zero-order valence-electron chi connectivity index (χ0n) is 11.9. The molecule has 0 spiro atoms. The van der Waals surface area contributed by atoms with Gasteiger partial charge in [-0.05, 0) is 18.1 Å². The third-order valence-electron chi connectivity index (χ3n) is 3.07. The number of nitrogens with two attached hydrogens (primary N) is 1. The molecule has 3 rings (SSSR count). The molecule has 21 heavy (non-hydrogen) atoms. The van der Waals surface area contributed by atoms with Gasteiger partial charge in [0, 0.05) is 11.8 Å². The van der Waals surface area contributed by atoms with E-state index in [1.807, 2.05) is 30.3 Å². The smallest absolute Gasteiger partial charge is 0.184 e. The van der Waals surface area contributed by atoms with Crippen LogP contribution < -0.4 is 5.73 Å². The van der Waals surface area contributed by atoms with Gasteiger partial charge >= 0.3 is 0 Å². The second-order valence-electron chi connectivity index (χ2n) is 5.05. The summed E-state index contributed by atoms with van der Waals surface area (Å²) in [6, 6.07) is 11.5. The summed E-state index contributed by atoms with van der Waals surface area (Å²) in [5.74, 6) is 1.22. The fourth-order valence-corrected chi connectivity index (χ4v) is 1.95. The van der Waals surface area contributed by atoms with Crippen molar-refractivity contribution in [3.05, 3.63) is 48.3 Å². The van der Waals surface area contributed by atoms with Crippen molar-refractivity contribution in [2.24, 2.45) is 0 Å². The molecule has 3 aromatic rings. The number of hydrogen-bond donors (Lipinski definition) is 1. The lowest BCUT2D eigenvalue weighted by Gasteiger charge is -2.06. The lowest BCUT2D eigenvalue weighted by molar-refractivity contribution is 0.751. The molecule has 2 aromatic heterocycles. The van der Waals surface area contributed by atoms with Crippen molar-refractivity contribution in [3.63, 3.8) is 0 Å². The molecule has 0 saturated carbocycles. The SMILES string of the molecule is CC(C)c1cc(N)nc(-c2cnn(-c3ccccc3)n2)n1. The van der Waals surface area contributed by atoms with Crippen molar-refractivity contribution in [1.82, 2.24) is 25.0 Å². The molecular formula is C15H16N6. The van der Waals surface area contributed by atoms with Crippen molar-refractivity contribution >= 4 is 5.82 Å². The third kappa shape index (κ3) is 2.74. The second-order valence-corrected chi connectivity index (χ2v) is 5.05. The summed E-state index contributed by atoms with van der Waals surface area (Å²) in [5.41, 5.74) is 8.23. The molecule has 0 unspecified atom stereocenters. The van der Waals surface area contributed by atoms with Crippen molar-refractivity contribution in [2.45, 2.75) is 19.8 Å². The zero-order chi connectivity index (χ0) is 14.8. The molecule has 0 atom stereocenters. The first-order valence-corrected chi connectivity index (χ1v) is 6.76. The summed E-state index contributed by atoms with van der Waals surface area (Å²) in [6.45, 7) is 4.12. The molecule has 0 aliphatic carbocycles.